The summed E-state index contributed by atoms with van der Waals surface area (Å²) in [5.74, 6) is 2.39. The van der Waals surface area contributed by atoms with Gasteiger partial charge in [0.1, 0.15) is 17.2 Å². The van der Waals surface area contributed by atoms with Gasteiger partial charge in [-0.15, -0.1) is 0 Å². The lowest BCUT2D eigenvalue weighted by Gasteiger charge is -2.09. The van der Waals surface area contributed by atoms with Crippen LogP contribution in [0.4, 0.5) is 5.69 Å². The van der Waals surface area contributed by atoms with Crippen molar-refractivity contribution >= 4 is 23.5 Å². The van der Waals surface area contributed by atoms with Gasteiger partial charge in [0.2, 0.25) is 12.6 Å². The van der Waals surface area contributed by atoms with Crippen LogP contribution in [0.5, 0.6) is 28.7 Å². The molecule has 0 aliphatic carbocycles. The van der Waals surface area contributed by atoms with Crippen LogP contribution in [0.1, 0.15) is 15.9 Å². The Labute approximate surface area is 189 Å². The number of allylic oxidation sites excluding steroid dienone is 1. The summed E-state index contributed by atoms with van der Waals surface area (Å²) in [6, 6.07) is 17.3. The Hall–Kier alpha value is -4.46. The molecule has 5 rings (SSSR count). The molecule has 33 heavy (non-hydrogen) atoms. The zero-order valence-corrected chi connectivity index (χ0v) is 17.6. The number of carbonyl (C=O) groups excluding carboxylic acids is 2. The van der Waals surface area contributed by atoms with E-state index in [9.17, 15) is 9.59 Å². The van der Waals surface area contributed by atoms with Gasteiger partial charge < -0.3 is 29.0 Å². The maximum Gasteiger partial charge on any atom is 0.262 e. The normalized spacial score (nSPS) is 14.6. The number of Topliss-reactive ketones (excluding diaryl/α,β-unsaturated/α-hetero) is 1. The van der Waals surface area contributed by atoms with Crippen LogP contribution < -0.4 is 29.0 Å². The number of ether oxygens (including phenoxy) is 5. The zero-order valence-electron chi connectivity index (χ0n) is 17.6. The van der Waals surface area contributed by atoms with Crippen LogP contribution in [0.15, 0.2) is 66.4 Å². The Morgan fingerprint density at radius 2 is 1.76 bits per heavy atom. The highest BCUT2D eigenvalue weighted by molar-refractivity contribution is 6.14. The van der Waals surface area contributed by atoms with Gasteiger partial charge in [0, 0.05) is 17.8 Å². The van der Waals surface area contributed by atoms with Gasteiger partial charge in [-0.3, -0.25) is 9.59 Å². The van der Waals surface area contributed by atoms with Crippen molar-refractivity contribution in [3.63, 3.8) is 0 Å². The summed E-state index contributed by atoms with van der Waals surface area (Å²) < 4.78 is 27.0. The minimum atomic E-state index is -0.341. The van der Waals surface area contributed by atoms with E-state index in [1.54, 1.807) is 61.7 Å². The van der Waals surface area contributed by atoms with E-state index in [-0.39, 0.29) is 30.8 Å². The summed E-state index contributed by atoms with van der Waals surface area (Å²) in [5.41, 5.74) is 1.82. The first-order valence-corrected chi connectivity index (χ1v) is 10.1. The highest BCUT2D eigenvalue weighted by Crippen LogP contribution is 2.36. The van der Waals surface area contributed by atoms with E-state index in [0.29, 0.717) is 34.2 Å². The number of carbonyl (C=O) groups is 2. The van der Waals surface area contributed by atoms with Crippen LogP contribution >= 0.6 is 0 Å². The van der Waals surface area contributed by atoms with Gasteiger partial charge in [-0.05, 0) is 48.0 Å². The second-order valence-electron chi connectivity index (χ2n) is 7.28. The van der Waals surface area contributed by atoms with E-state index in [1.807, 2.05) is 12.1 Å². The molecular weight excluding hydrogens is 426 g/mol. The first-order chi connectivity index (χ1) is 16.1. The number of nitrogens with one attached hydrogen (secondary N) is 1. The molecule has 2 aliphatic rings. The van der Waals surface area contributed by atoms with E-state index in [4.69, 9.17) is 23.7 Å². The standard InChI is InChI=1S/C25H19NO7/c1-29-17-5-2-15(3-6-17)10-23-25(28)19-8-7-18(12-21(19)33-23)30-13-24(27)26-16-4-9-20-22(11-16)32-14-31-20/h2-12H,13-14H2,1H3,(H,26,27). The Bertz CT molecular complexity index is 1260. The molecule has 0 aromatic heterocycles. The van der Waals surface area contributed by atoms with Crippen molar-refractivity contribution in [1.29, 1.82) is 0 Å². The smallest absolute Gasteiger partial charge is 0.262 e. The van der Waals surface area contributed by atoms with Gasteiger partial charge >= 0.3 is 0 Å². The molecule has 3 aromatic rings. The highest BCUT2D eigenvalue weighted by Gasteiger charge is 2.27. The van der Waals surface area contributed by atoms with Crippen LogP contribution in [-0.2, 0) is 4.79 Å². The predicted molar refractivity (Wildman–Crippen MR) is 119 cm³/mol. The number of methoxy groups -OCH3 is 1. The minimum absolute atomic E-state index is 0.162. The van der Waals surface area contributed by atoms with Gasteiger partial charge in [-0.1, -0.05) is 12.1 Å². The minimum Gasteiger partial charge on any atom is -0.497 e. The zero-order chi connectivity index (χ0) is 22.8. The molecule has 2 heterocycles. The fourth-order valence-electron chi connectivity index (χ4n) is 3.43. The molecule has 0 atom stereocenters. The molecular formula is C25H19NO7. The Morgan fingerprint density at radius 1 is 0.970 bits per heavy atom. The molecule has 0 spiro atoms. The first kappa shape index (κ1) is 20.4. The van der Waals surface area contributed by atoms with Crippen LogP contribution in [0.2, 0.25) is 0 Å². The van der Waals surface area contributed by atoms with Crippen LogP contribution in [0.25, 0.3) is 6.08 Å². The van der Waals surface area contributed by atoms with Crippen LogP contribution in [-0.4, -0.2) is 32.2 Å². The summed E-state index contributed by atoms with van der Waals surface area (Å²) in [5, 5.41) is 2.74. The molecule has 3 aromatic carbocycles. The van der Waals surface area contributed by atoms with Gasteiger partial charge in [0.05, 0.1) is 12.7 Å². The van der Waals surface area contributed by atoms with E-state index in [0.717, 1.165) is 11.3 Å². The number of benzene rings is 3. The summed E-state index contributed by atoms with van der Waals surface area (Å²) in [4.78, 5) is 24.9. The molecule has 8 heteroatoms. The average Bonchev–Trinajstić information content (AvgIpc) is 3.42. The highest BCUT2D eigenvalue weighted by atomic mass is 16.7. The van der Waals surface area contributed by atoms with Crippen LogP contribution in [0, 0.1) is 0 Å². The molecule has 0 saturated heterocycles. The third-order valence-corrected chi connectivity index (χ3v) is 5.08. The topological polar surface area (TPSA) is 92.3 Å². The lowest BCUT2D eigenvalue weighted by molar-refractivity contribution is -0.118. The maximum absolute atomic E-state index is 12.6. The molecule has 1 N–H and O–H groups in total. The summed E-state index contributed by atoms with van der Waals surface area (Å²) in [6.07, 6.45) is 1.67. The molecule has 0 bridgehead atoms. The summed E-state index contributed by atoms with van der Waals surface area (Å²) >= 11 is 0. The molecule has 0 saturated carbocycles. The van der Waals surface area contributed by atoms with E-state index in [1.165, 1.54) is 0 Å². The monoisotopic (exact) mass is 445 g/mol. The van der Waals surface area contributed by atoms with E-state index in [2.05, 4.69) is 5.32 Å². The molecule has 0 radical (unpaired) electrons. The van der Waals surface area contributed by atoms with Crippen molar-refractivity contribution in [2.45, 2.75) is 0 Å². The third-order valence-electron chi connectivity index (χ3n) is 5.08. The fraction of sp³-hybridized carbons (Fsp3) is 0.120. The number of anilines is 1. The lowest BCUT2D eigenvalue weighted by Crippen LogP contribution is -2.20. The van der Waals surface area contributed by atoms with Crippen molar-refractivity contribution < 1.29 is 33.3 Å². The summed E-state index contributed by atoms with van der Waals surface area (Å²) in [7, 11) is 1.59. The second kappa shape index (κ2) is 8.58. The summed E-state index contributed by atoms with van der Waals surface area (Å²) in [6.45, 7) is -0.0501. The molecule has 0 unspecified atom stereocenters. The van der Waals surface area contributed by atoms with Crippen molar-refractivity contribution in [3.05, 3.63) is 77.5 Å². The largest absolute Gasteiger partial charge is 0.497 e. The van der Waals surface area contributed by atoms with E-state index >= 15 is 0 Å². The van der Waals surface area contributed by atoms with Gasteiger partial charge in [0.25, 0.3) is 5.91 Å². The van der Waals surface area contributed by atoms with Crippen molar-refractivity contribution in [1.82, 2.24) is 0 Å². The SMILES string of the molecule is COc1ccc(C=C2Oc3cc(OCC(=O)Nc4ccc5c(c4)OCO5)ccc3C2=O)cc1. The van der Waals surface area contributed by atoms with Gasteiger partial charge in [-0.2, -0.15) is 0 Å². The second-order valence-corrected chi connectivity index (χ2v) is 7.28. The lowest BCUT2D eigenvalue weighted by atomic mass is 10.1. The number of hydrogen-bond donors (Lipinski definition) is 1. The molecule has 1 amide bonds. The van der Waals surface area contributed by atoms with E-state index < -0.39 is 0 Å². The molecule has 166 valence electrons. The van der Waals surface area contributed by atoms with Crippen molar-refractivity contribution in [3.8, 4) is 28.7 Å². The number of fused-ring (bicyclic) bond motifs is 2. The van der Waals surface area contributed by atoms with Crippen molar-refractivity contribution in [2.75, 3.05) is 25.8 Å². The number of hydrogen-bond acceptors (Lipinski definition) is 7. The Kier molecular flexibility index (Phi) is 5.32. The molecule has 2 aliphatic heterocycles. The van der Waals surface area contributed by atoms with Crippen molar-refractivity contribution in [2.24, 2.45) is 0 Å². The van der Waals surface area contributed by atoms with Gasteiger partial charge in [-0.25, -0.2) is 0 Å². The number of rotatable bonds is 6. The number of ketones is 1. The average molecular weight is 445 g/mol. The molecule has 0 fully saturated rings. The third kappa shape index (κ3) is 4.31. The van der Waals surface area contributed by atoms with Crippen LogP contribution in [0.3, 0.4) is 0 Å². The quantitative estimate of drug-likeness (QED) is 0.572. The Morgan fingerprint density at radius 3 is 2.58 bits per heavy atom. The van der Waals surface area contributed by atoms with Gasteiger partial charge in [0.15, 0.2) is 23.9 Å². The predicted octanol–water partition coefficient (Wildman–Crippen LogP) is 4.06. The number of amides is 1. The fourth-order valence-corrected chi connectivity index (χ4v) is 3.43. The first-order valence-electron chi connectivity index (χ1n) is 10.1. The molecule has 8 nitrogen and oxygen atoms in total. The Balaban J connectivity index is 1.21. The maximum atomic E-state index is 12.6.